The SMILES string of the molecule is CC(NCc1[nH]c2ccccc2c1Cl)c1nccs1. The van der Waals surface area contributed by atoms with Gasteiger partial charge in [-0.05, 0) is 13.0 Å². The van der Waals surface area contributed by atoms with Gasteiger partial charge < -0.3 is 10.3 Å². The molecule has 0 aliphatic heterocycles. The summed E-state index contributed by atoms with van der Waals surface area (Å²) in [5, 5.41) is 8.39. The third-order valence-electron chi connectivity index (χ3n) is 3.12. The number of halogens is 1. The number of aromatic amines is 1. The van der Waals surface area contributed by atoms with Gasteiger partial charge in [-0.15, -0.1) is 11.3 Å². The van der Waals surface area contributed by atoms with E-state index in [0.717, 1.165) is 26.6 Å². The summed E-state index contributed by atoms with van der Waals surface area (Å²) in [6.07, 6.45) is 1.83. The second-order valence-corrected chi connectivity index (χ2v) is 5.74. The third kappa shape index (κ3) is 2.52. The van der Waals surface area contributed by atoms with Gasteiger partial charge in [0.1, 0.15) is 5.01 Å². The molecule has 0 aliphatic rings. The molecule has 98 valence electrons. The molecule has 5 heteroatoms. The van der Waals surface area contributed by atoms with Crippen LogP contribution in [0.4, 0.5) is 0 Å². The number of hydrogen-bond acceptors (Lipinski definition) is 3. The molecular formula is C14H14ClN3S. The summed E-state index contributed by atoms with van der Waals surface area (Å²) in [7, 11) is 0. The van der Waals surface area contributed by atoms with Gasteiger partial charge in [0.15, 0.2) is 0 Å². The molecule has 0 aliphatic carbocycles. The fourth-order valence-corrected chi connectivity index (χ4v) is 3.03. The normalized spacial score (nSPS) is 12.9. The Balaban J connectivity index is 1.77. The van der Waals surface area contributed by atoms with E-state index in [1.165, 1.54) is 0 Å². The second-order valence-electron chi connectivity index (χ2n) is 4.44. The van der Waals surface area contributed by atoms with Crippen LogP contribution in [0.3, 0.4) is 0 Å². The molecule has 3 nitrogen and oxygen atoms in total. The van der Waals surface area contributed by atoms with Crippen LogP contribution in [0.15, 0.2) is 35.8 Å². The number of nitrogens with zero attached hydrogens (tertiary/aromatic N) is 1. The highest BCUT2D eigenvalue weighted by Gasteiger charge is 2.11. The molecule has 0 radical (unpaired) electrons. The smallest absolute Gasteiger partial charge is 0.109 e. The number of H-pyrrole nitrogens is 1. The van der Waals surface area contributed by atoms with Crippen molar-refractivity contribution >= 4 is 33.8 Å². The predicted molar refractivity (Wildman–Crippen MR) is 80.7 cm³/mol. The maximum atomic E-state index is 6.38. The third-order valence-corrected chi connectivity index (χ3v) is 4.51. The van der Waals surface area contributed by atoms with Crippen molar-refractivity contribution in [2.75, 3.05) is 0 Å². The lowest BCUT2D eigenvalue weighted by atomic mass is 10.2. The molecule has 2 aromatic heterocycles. The van der Waals surface area contributed by atoms with Crippen LogP contribution in [0.1, 0.15) is 23.7 Å². The summed E-state index contributed by atoms with van der Waals surface area (Å²) in [5.74, 6) is 0. The van der Waals surface area contributed by atoms with Crippen LogP contribution >= 0.6 is 22.9 Å². The van der Waals surface area contributed by atoms with Crippen molar-refractivity contribution in [3.05, 3.63) is 51.6 Å². The van der Waals surface area contributed by atoms with Gasteiger partial charge in [0, 0.05) is 34.7 Å². The number of hydrogen-bond donors (Lipinski definition) is 2. The highest BCUT2D eigenvalue weighted by atomic mass is 35.5. The van der Waals surface area contributed by atoms with Gasteiger partial charge in [0.2, 0.25) is 0 Å². The zero-order chi connectivity index (χ0) is 13.2. The van der Waals surface area contributed by atoms with Crippen molar-refractivity contribution in [1.82, 2.24) is 15.3 Å². The van der Waals surface area contributed by atoms with Crippen LogP contribution in [0.2, 0.25) is 5.02 Å². The first-order valence-electron chi connectivity index (χ1n) is 6.13. The van der Waals surface area contributed by atoms with Gasteiger partial charge in [-0.25, -0.2) is 4.98 Å². The van der Waals surface area contributed by atoms with Crippen molar-refractivity contribution in [3.63, 3.8) is 0 Å². The number of fused-ring (bicyclic) bond motifs is 1. The van der Waals surface area contributed by atoms with E-state index in [1.807, 2.05) is 35.8 Å². The largest absolute Gasteiger partial charge is 0.356 e. The van der Waals surface area contributed by atoms with Gasteiger partial charge in [0.25, 0.3) is 0 Å². The molecule has 0 fully saturated rings. The van der Waals surface area contributed by atoms with Gasteiger partial charge in [-0.3, -0.25) is 0 Å². The van der Waals surface area contributed by atoms with E-state index in [9.17, 15) is 0 Å². The number of benzene rings is 1. The van der Waals surface area contributed by atoms with Crippen LogP contribution in [0, 0.1) is 0 Å². The Bertz CT molecular complexity index is 675. The van der Waals surface area contributed by atoms with E-state index in [2.05, 4.69) is 22.2 Å². The topological polar surface area (TPSA) is 40.7 Å². The lowest BCUT2D eigenvalue weighted by Crippen LogP contribution is -2.18. The summed E-state index contributed by atoms with van der Waals surface area (Å²) >= 11 is 8.04. The maximum absolute atomic E-state index is 6.38. The summed E-state index contributed by atoms with van der Waals surface area (Å²) < 4.78 is 0. The van der Waals surface area contributed by atoms with Crippen molar-refractivity contribution < 1.29 is 0 Å². The van der Waals surface area contributed by atoms with Gasteiger partial charge in [-0.2, -0.15) is 0 Å². The zero-order valence-electron chi connectivity index (χ0n) is 10.5. The fraction of sp³-hybridized carbons (Fsp3) is 0.214. The Kier molecular flexibility index (Phi) is 3.55. The molecular weight excluding hydrogens is 278 g/mol. The molecule has 1 unspecified atom stereocenters. The molecule has 1 atom stereocenters. The second kappa shape index (κ2) is 5.33. The van der Waals surface area contributed by atoms with Crippen molar-refractivity contribution in [2.45, 2.75) is 19.5 Å². The lowest BCUT2D eigenvalue weighted by Gasteiger charge is -2.10. The Labute approximate surface area is 120 Å². The minimum atomic E-state index is 0.225. The number of para-hydroxylation sites is 1. The fourth-order valence-electron chi connectivity index (χ4n) is 2.08. The molecule has 1 aromatic carbocycles. The van der Waals surface area contributed by atoms with Gasteiger partial charge in [0.05, 0.1) is 11.1 Å². The van der Waals surface area contributed by atoms with Crippen LogP contribution < -0.4 is 5.32 Å². The molecule has 2 heterocycles. The number of thiazole rings is 1. The standard InChI is InChI=1S/C14H14ClN3S/c1-9(14-16-6-7-19-14)17-8-12-13(15)10-4-2-3-5-11(10)18-12/h2-7,9,17-18H,8H2,1H3. The van der Waals surface area contributed by atoms with E-state index < -0.39 is 0 Å². The van der Waals surface area contributed by atoms with Crippen LogP contribution in [0.25, 0.3) is 10.9 Å². The van der Waals surface area contributed by atoms with Crippen LogP contribution in [-0.2, 0) is 6.54 Å². The van der Waals surface area contributed by atoms with E-state index in [4.69, 9.17) is 11.6 Å². The monoisotopic (exact) mass is 291 g/mol. The molecule has 2 N–H and O–H groups in total. The highest BCUT2D eigenvalue weighted by molar-refractivity contribution is 7.09. The first kappa shape index (κ1) is 12.7. The first-order valence-corrected chi connectivity index (χ1v) is 7.39. The molecule has 0 bridgehead atoms. The molecule has 0 saturated carbocycles. The van der Waals surface area contributed by atoms with Crippen LogP contribution in [-0.4, -0.2) is 9.97 Å². The Hall–Kier alpha value is -1.36. The van der Waals surface area contributed by atoms with Crippen LogP contribution in [0.5, 0.6) is 0 Å². The van der Waals surface area contributed by atoms with E-state index in [-0.39, 0.29) is 6.04 Å². The minimum absolute atomic E-state index is 0.225. The minimum Gasteiger partial charge on any atom is -0.356 e. The summed E-state index contributed by atoms with van der Waals surface area (Å²) in [6.45, 7) is 2.81. The molecule has 0 amide bonds. The summed E-state index contributed by atoms with van der Waals surface area (Å²) in [6, 6.07) is 8.29. The average Bonchev–Trinajstić information content (AvgIpc) is 3.05. The number of rotatable bonds is 4. The molecule has 19 heavy (non-hydrogen) atoms. The highest BCUT2D eigenvalue weighted by Crippen LogP contribution is 2.27. The lowest BCUT2D eigenvalue weighted by molar-refractivity contribution is 0.567. The Morgan fingerprint density at radius 1 is 1.42 bits per heavy atom. The number of aromatic nitrogens is 2. The molecule has 0 saturated heterocycles. The molecule has 3 aromatic rings. The van der Waals surface area contributed by atoms with E-state index in [0.29, 0.717) is 6.54 Å². The van der Waals surface area contributed by atoms with Crippen molar-refractivity contribution in [3.8, 4) is 0 Å². The number of nitrogens with one attached hydrogen (secondary N) is 2. The van der Waals surface area contributed by atoms with Gasteiger partial charge in [-0.1, -0.05) is 29.8 Å². The molecule has 0 spiro atoms. The first-order chi connectivity index (χ1) is 9.25. The summed E-state index contributed by atoms with van der Waals surface area (Å²) in [5.41, 5.74) is 2.09. The van der Waals surface area contributed by atoms with Crippen molar-refractivity contribution in [2.24, 2.45) is 0 Å². The quantitative estimate of drug-likeness (QED) is 0.759. The summed E-state index contributed by atoms with van der Waals surface area (Å²) in [4.78, 5) is 7.66. The average molecular weight is 292 g/mol. The Morgan fingerprint density at radius 3 is 3.00 bits per heavy atom. The van der Waals surface area contributed by atoms with Crippen molar-refractivity contribution in [1.29, 1.82) is 0 Å². The van der Waals surface area contributed by atoms with E-state index >= 15 is 0 Å². The predicted octanol–water partition coefficient (Wildman–Crippen LogP) is 4.13. The van der Waals surface area contributed by atoms with Gasteiger partial charge >= 0.3 is 0 Å². The Morgan fingerprint density at radius 2 is 2.26 bits per heavy atom. The molecule has 3 rings (SSSR count). The maximum Gasteiger partial charge on any atom is 0.109 e. The van der Waals surface area contributed by atoms with E-state index in [1.54, 1.807) is 11.3 Å². The zero-order valence-corrected chi connectivity index (χ0v) is 12.1.